The van der Waals surface area contributed by atoms with Crippen molar-refractivity contribution in [2.24, 2.45) is 0 Å². The van der Waals surface area contributed by atoms with Crippen molar-refractivity contribution in [3.05, 3.63) is 127 Å². The van der Waals surface area contributed by atoms with E-state index in [4.69, 9.17) is 0 Å². The lowest BCUT2D eigenvalue weighted by Gasteiger charge is -2.13. The van der Waals surface area contributed by atoms with Gasteiger partial charge in [0.05, 0.1) is 22.7 Å². The summed E-state index contributed by atoms with van der Waals surface area (Å²) in [5, 5.41) is 19.6. The van der Waals surface area contributed by atoms with Crippen molar-refractivity contribution in [3.8, 4) is 22.9 Å². The van der Waals surface area contributed by atoms with Gasteiger partial charge in [0.25, 0.3) is 0 Å². The fourth-order valence-electron chi connectivity index (χ4n) is 6.05. The first-order valence-electron chi connectivity index (χ1n) is 12.5. The number of para-hydroxylation sites is 1. The van der Waals surface area contributed by atoms with E-state index in [1.54, 1.807) is 0 Å². The fraction of sp³-hybridized carbons (Fsp3) is 0. The molecule has 0 amide bonds. The average molecular weight is 469 g/mol. The molecule has 0 unspecified atom stereocenters. The van der Waals surface area contributed by atoms with Crippen LogP contribution >= 0.6 is 0 Å². The average Bonchev–Trinajstić information content (AvgIpc) is 3.29. The molecule has 0 saturated carbocycles. The summed E-state index contributed by atoms with van der Waals surface area (Å²) in [6, 6.07) is 45.5. The molecule has 0 atom stereocenters. The van der Waals surface area contributed by atoms with Gasteiger partial charge in [-0.05, 0) is 98.0 Å². The number of fused-ring (bicyclic) bond motifs is 3. The molecule has 0 aliphatic carbocycles. The highest BCUT2D eigenvalue weighted by Crippen LogP contribution is 2.39. The van der Waals surface area contributed by atoms with Crippen molar-refractivity contribution in [2.45, 2.75) is 0 Å². The lowest BCUT2D eigenvalue weighted by molar-refractivity contribution is 1.18. The van der Waals surface area contributed by atoms with Crippen molar-refractivity contribution in [1.82, 2.24) is 4.57 Å². The van der Waals surface area contributed by atoms with Crippen LogP contribution in [0, 0.1) is 11.3 Å². The molecule has 7 aromatic carbocycles. The molecule has 1 aromatic heterocycles. The molecule has 8 rings (SSSR count). The summed E-state index contributed by atoms with van der Waals surface area (Å²) in [5.74, 6) is 0. The van der Waals surface area contributed by atoms with Gasteiger partial charge in [-0.2, -0.15) is 5.26 Å². The lowest BCUT2D eigenvalue weighted by Crippen LogP contribution is -1.93. The zero-order valence-corrected chi connectivity index (χ0v) is 19.9. The van der Waals surface area contributed by atoms with Gasteiger partial charge in [-0.3, -0.25) is 0 Å². The third-order valence-electron chi connectivity index (χ3n) is 7.71. The predicted octanol–water partition coefficient (Wildman–Crippen LogP) is 9.22. The largest absolute Gasteiger partial charge is 0.309 e. The molecule has 1 heterocycles. The number of hydrogen-bond donors (Lipinski definition) is 0. The van der Waals surface area contributed by atoms with Crippen molar-refractivity contribution in [2.75, 3.05) is 0 Å². The molecule has 0 aliphatic rings. The molecular weight excluding hydrogens is 448 g/mol. The number of nitrogens with zero attached hydrogens (tertiary/aromatic N) is 2. The molecule has 0 N–H and O–H groups in total. The van der Waals surface area contributed by atoms with Crippen molar-refractivity contribution >= 4 is 54.1 Å². The summed E-state index contributed by atoms with van der Waals surface area (Å²) in [7, 11) is 0. The minimum atomic E-state index is 0.674. The number of hydrogen-bond acceptors (Lipinski definition) is 1. The molecular formula is C35H20N2. The maximum atomic E-state index is 9.60. The molecule has 0 radical (unpaired) electrons. The van der Waals surface area contributed by atoms with Crippen LogP contribution < -0.4 is 0 Å². The Bertz CT molecular complexity index is 2130. The fourth-order valence-corrected chi connectivity index (χ4v) is 6.05. The first-order chi connectivity index (χ1) is 18.3. The normalized spacial score (nSPS) is 11.8. The highest BCUT2D eigenvalue weighted by molar-refractivity contribution is 6.23. The van der Waals surface area contributed by atoms with Crippen LogP contribution in [0.1, 0.15) is 5.56 Å². The van der Waals surface area contributed by atoms with Crippen molar-refractivity contribution in [3.63, 3.8) is 0 Å². The molecule has 170 valence electrons. The highest BCUT2D eigenvalue weighted by atomic mass is 15.0. The second kappa shape index (κ2) is 7.43. The van der Waals surface area contributed by atoms with Gasteiger partial charge in [0, 0.05) is 16.5 Å². The minimum absolute atomic E-state index is 0.674. The van der Waals surface area contributed by atoms with Gasteiger partial charge in [-0.25, -0.2) is 0 Å². The van der Waals surface area contributed by atoms with E-state index in [1.807, 2.05) is 18.2 Å². The van der Waals surface area contributed by atoms with Crippen molar-refractivity contribution < 1.29 is 0 Å². The standard InChI is InChI=1S/C35H20N2/c36-21-22-9-15-32-30(17-22)31-20-25(14-16-33(31)37(32)29-7-2-1-3-8-29)28-18-26-12-10-23-5-4-6-24-11-13-27(19-28)35(26)34(23)24/h1-20H. The Labute approximate surface area is 213 Å². The first-order valence-corrected chi connectivity index (χ1v) is 12.5. The summed E-state index contributed by atoms with van der Waals surface area (Å²) >= 11 is 0. The van der Waals surface area contributed by atoms with E-state index in [0.717, 1.165) is 27.5 Å². The molecule has 0 aliphatic heterocycles. The van der Waals surface area contributed by atoms with Crippen LogP contribution in [0.3, 0.4) is 0 Å². The van der Waals surface area contributed by atoms with E-state index in [2.05, 4.69) is 114 Å². The zero-order valence-electron chi connectivity index (χ0n) is 19.9. The molecule has 0 bridgehead atoms. The molecule has 0 fully saturated rings. The van der Waals surface area contributed by atoms with Gasteiger partial charge in [0.2, 0.25) is 0 Å². The number of nitriles is 1. The third kappa shape index (κ3) is 2.86. The quantitative estimate of drug-likeness (QED) is 0.232. The summed E-state index contributed by atoms with van der Waals surface area (Å²) in [6.07, 6.45) is 0. The molecule has 0 saturated heterocycles. The second-order valence-electron chi connectivity index (χ2n) is 9.75. The predicted molar refractivity (Wildman–Crippen MR) is 155 cm³/mol. The van der Waals surface area contributed by atoms with Crippen LogP contribution in [0.2, 0.25) is 0 Å². The van der Waals surface area contributed by atoms with Crippen molar-refractivity contribution in [1.29, 1.82) is 5.26 Å². The maximum Gasteiger partial charge on any atom is 0.0991 e. The van der Waals surface area contributed by atoms with Gasteiger partial charge in [-0.15, -0.1) is 0 Å². The van der Waals surface area contributed by atoms with Crippen LogP contribution in [-0.4, -0.2) is 4.57 Å². The van der Waals surface area contributed by atoms with Gasteiger partial charge in [0.15, 0.2) is 0 Å². The lowest BCUT2D eigenvalue weighted by atomic mass is 9.91. The Morgan fingerprint density at radius 3 is 1.81 bits per heavy atom. The summed E-state index contributed by atoms with van der Waals surface area (Å²) < 4.78 is 2.29. The Balaban J connectivity index is 1.41. The highest BCUT2D eigenvalue weighted by Gasteiger charge is 2.15. The van der Waals surface area contributed by atoms with Gasteiger partial charge in [-0.1, -0.05) is 66.7 Å². The monoisotopic (exact) mass is 468 g/mol. The van der Waals surface area contributed by atoms with Gasteiger partial charge in [0.1, 0.15) is 0 Å². The third-order valence-corrected chi connectivity index (χ3v) is 7.71. The second-order valence-corrected chi connectivity index (χ2v) is 9.75. The summed E-state index contributed by atoms with van der Waals surface area (Å²) in [6.45, 7) is 0. The maximum absolute atomic E-state index is 9.60. The number of aromatic nitrogens is 1. The summed E-state index contributed by atoms with van der Waals surface area (Å²) in [4.78, 5) is 0. The van der Waals surface area contributed by atoms with Crippen LogP contribution in [0.25, 0.3) is 70.9 Å². The molecule has 37 heavy (non-hydrogen) atoms. The smallest absolute Gasteiger partial charge is 0.0991 e. The molecule has 2 nitrogen and oxygen atoms in total. The van der Waals surface area contributed by atoms with Gasteiger partial charge < -0.3 is 4.57 Å². The van der Waals surface area contributed by atoms with E-state index in [-0.39, 0.29) is 0 Å². The van der Waals surface area contributed by atoms with E-state index >= 15 is 0 Å². The Kier molecular flexibility index (Phi) is 4.04. The Morgan fingerprint density at radius 1 is 0.486 bits per heavy atom. The van der Waals surface area contributed by atoms with Crippen LogP contribution in [0.5, 0.6) is 0 Å². The first kappa shape index (κ1) is 20.1. The van der Waals surface area contributed by atoms with Crippen LogP contribution in [0.15, 0.2) is 121 Å². The zero-order chi connectivity index (χ0) is 24.5. The Morgan fingerprint density at radius 2 is 1.11 bits per heavy atom. The van der Waals surface area contributed by atoms with E-state index < -0.39 is 0 Å². The van der Waals surface area contributed by atoms with E-state index in [1.165, 1.54) is 43.4 Å². The number of rotatable bonds is 2. The summed E-state index contributed by atoms with van der Waals surface area (Å²) in [5.41, 5.74) is 6.40. The van der Waals surface area contributed by atoms with E-state index in [0.29, 0.717) is 5.56 Å². The molecule has 8 aromatic rings. The number of benzene rings is 7. The van der Waals surface area contributed by atoms with Gasteiger partial charge >= 0.3 is 0 Å². The molecule has 2 heteroatoms. The van der Waals surface area contributed by atoms with Crippen LogP contribution in [0.4, 0.5) is 0 Å². The topological polar surface area (TPSA) is 28.7 Å². The van der Waals surface area contributed by atoms with E-state index in [9.17, 15) is 5.26 Å². The Hall–Kier alpha value is -5.13. The molecule has 0 spiro atoms. The van der Waals surface area contributed by atoms with Crippen LogP contribution in [-0.2, 0) is 0 Å². The minimum Gasteiger partial charge on any atom is -0.309 e. The SMILES string of the molecule is N#Cc1ccc2c(c1)c1cc(-c3cc4ccc5cccc6ccc(c3)c4c56)ccc1n2-c1ccccc1.